The third kappa shape index (κ3) is 6.68. The average molecular weight is 458 g/mol. The highest BCUT2D eigenvalue weighted by Crippen LogP contribution is 2.29. The van der Waals surface area contributed by atoms with E-state index in [4.69, 9.17) is 5.73 Å². The van der Waals surface area contributed by atoms with Crippen LogP contribution in [0.1, 0.15) is 37.4 Å². The quantitative estimate of drug-likeness (QED) is 0.424. The van der Waals surface area contributed by atoms with Gasteiger partial charge in [0.05, 0.1) is 11.1 Å². The molecule has 1 atom stereocenters. The molecule has 175 valence electrons. The molecular formula is C25H28F3N4O. The molecular weight excluding hydrogens is 429 g/mol. The first-order valence-corrected chi connectivity index (χ1v) is 10.7. The summed E-state index contributed by atoms with van der Waals surface area (Å²) in [5, 5.41) is 2.77. The summed E-state index contributed by atoms with van der Waals surface area (Å²) in [6.45, 7) is 3.08. The van der Waals surface area contributed by atoms with Crippen molar-refractivity contribution >= 4 is 5.91 Å². The van der Waals surface area contributed by atoms with Gasteiger partial charge in [-0.05, 0) is 36.2 Å². The molecule has 33 heavy (non-hydrogen) atoms. The first kappa shape index (κ1) is 24.5. The Labute approximate surface area is 191 Å². The molecule has 5 nitrogen and oxygen atoms in total. The summed E-state index contributed by atoms with van der Waals surface area (Å²) in [5.74, 6) is -0.578. The number of hydrogen-bond acceptors (Lipinski definition) is 3. The maximum atomic E-state index is 13.9. The van der Waals surface area contributed by atoms with E-state index in [2.05, 4.69) is 15.3 Å². The van der Waals surface area contributed by atoms with E-state index in [1.54, 1.807) is 44.5 Å². The van der Waals surface area contributed by atoms with E-state index in [1.807, 2.05) is 0 Å². The van der Waals surface area contributed by atoms with Crippen LogP contribution in [0.15, 0.2) is 48.5 Å². The van der Waals surface area contributed by atoms with Crippen molar-refractivity contribution in [2.45, 2.75) is 32.7 Å². The van der Waals surface area contributed by atoms with Crippen molar-refractivity contribution in [1.82, 2.24) is 15.3 Å². The van der Waals surface area contributed by atoms with Crippen LogP contribution in [0.5, 0.6) is 0 Å². The molecule has 0 saturated heterocycles. The molecule has 1 heterocycles. The second kappa shape index (κ2) is 10.7. The molecule has 0 aliphatic heterocycles. The van der Waals surface area contributed by atoms with Crippen LogP contribution in [0.2, 0.25) is 0 Å². The van der Waals surface area contributed by atoms with Gasteiger partial charge in [-0.1, -0.05) is 38.1 Å². The Morgan fingerprint density at radius 3 is 2.55 bits per heavy atom. The lowest BCUT2D eigenvalue weighted by atomic mass is 9.88. The predicted molar refractivity (Wildman–Crippen MR) is 122 cm³/mol. The molecule has 0 aliphatic rings. The number of nitrogens with two attached hydrogens (primary N) is 1. The van der Waals surface area contributed by atoms with Gasteiger partial charge in [-0.25, -0.2) is 18.2 Å². The molecule has 2 aromatic carbocycles. The summed E-state index contributed by atoms with van der Waals surface area (Å²) >= 11 is 0. The Morgan fingerprint density at radius 1 is 1.18 bits per heavy atom. The molecule has 0 fully saturated rings. The minimum atomic E-state index is -0.938. The van der Waals surface area contributed by atoms with Gasteiger partial charge in [-0.15, -0.1) is 0 Å². The van der Waals surface area contributed by atoms with Crippen LogP contribution in [0, 0.1) is 23.5 Å². The Balaban J connectivity index is 1.84. The second-order valence-electron chi connectivity index (χ2n) is 8.59. The van der Waals surface area contributed by atoms with Crippen LogP contribution >= 0.6 is 0 Å². The van der Waals surface area contributed by atoms with Crippen molar-refractivity contribution in [2.75, 3.05) is 13.2 Å². The minimum Gasteiger partial charge on any atom is -0.356 e. The summed E-state index contributed by atoms with van der Waals surface area (Å²) in [4.78, 5) is 20.5. The fourth-order valence-electron chi connectivity index (χ4n) is 3.43. The van der Waals surface area contributed by atoms with Gasteiger partial charge in [0, 0.05) is 36.7 Å². The van der Waals surface area contributed by atoms with Gasteiger partial charge in [0.1, 0.15) is 24.1 Å². The highest BCUT2D eigenvalue weighted by molar-refractivity contribution is 5.83. The van der Waals surface area contributed by atoms with Crippen LogP contribution in [-0.4, -0.2) is 35.1 Å². The zero-order valence-electron chi connectivity index (χ0n) is 18.7. The predicted octanol–water partition coefficient (Wildman–Crippen LogP) is 4.33. The van der Waals surface area contributed by atoms with Crippen molar-refractivity contribution in [3.05, 3.63) is 83.7 Å². The van der Waals surface area contributed by atoms with Crippen molar-refractivity contribution in [3.63, 3.8) is 0 Å². The fourth-order valence-corrected chi connectivity index (χ4v) is 3.43. The molecule has 3 rings (SSSR count). The van der Waals surface area contributed by atoms with Gasteiger partial charge in [0.2, 0.25) is 5.91 Å². The van der Waals surface area contributed by atoms with Crippen LogP contribution in [0.3, 0.4) is 0 Å². The Morgan fingerprint density at radius 2 is 1.88 bits per heavy atom. The van der Waals surface area contributed by atoms with Gasteiger partial charge in [-0.3, -0.25) is 4.79 Å². The number of amides is 1. The van der Waals surface area contributed by atoms with Crippen LogP contribution < -0.4 is 11.1 Å². The number of carbonyl (C=O) groups is 1. The van der Waals surface area contributed by atoms with Gasteiger partial charge in [0.15, 0.2) is 0 Å². The van der Waals surface area contributed by atoms with Crippen molar-refractivity contribution in [1.29, 1.82) is 0 Å². The van der Waals surface area contributed by atoms with E-state index < -0.39 is 23.9 Å². The second-order valence-corrected chi connectivity index (χ2v) is 8.59. The SMILES string of the molecule is CC(C)([CH]c1nc(-c2cccc(F)c2)c(Cc2cccc(F)c2)[nH]1)C(=O)NCC[C@@H](N)CF. The number of rotatable bonds is 10. The maximum absolute atomic E-state index is 13.9. The van der Waals surface area contributed by atoms with E-state index in [0.717, 1.165) is 5.56 Å². The van der Waals surface area contributed by atoms with Crippen LogP contribution in [-0.2, 0) is 11.2 Å². The lowest BCUT2D eigenvalue weighted by molar-refractivity contribution is -0.127. The number of carbonyl (C=O) groups excluding carboxylic acids is 1. The number of alkyl halides is 1. The standard InChI is InChI=1S/C25H28F3N4O/c1-25(2,24(33)30-10-9-20(29)15-26)14-22-31-21(12-16-5-3-7-18(27)11-16)23(32-22)17-6-4-8-19(28)13-17/h3-8,11,13-14,20H,9-10,12,15,29H2,1-2H3,(H,30,33)(H,31,32)/t20-/m1/s1. The van der Waals surface area contributed by atoms with E-state index in [1.165, 1.54) is 24.3 Å². The molecule has 0 bridgehead atoms. The summed E-state index contributed by atoms with van der Waals surface area (Å²) in [6, 6.07) is 11.7. The molecule has 1 amide bonds. The first-order valence-electron chi connectivity index (χ1n) is 10.7. The molecule has 8 heteroatoms. The van der Waals surface area contributed by atoms with Gasteiger partial charge in [0.25, 0.3) is 0 Å². The van der Waals surface area contributed by atoms with E-state index in [0.29, 0.717) is 35.6 Å². The van der Waals surface area contributed by atoms with E-state index >= 15 is 0 Å². The van der Waals surface area contributed by atoms with Crippen molar-refractivity contribution < 1.29 is 18.0 Å². The number of aromatic amines is 1. The monoisotopic (exact) mass is 457 g/mol. The molecule has 4 N–H and O–H groups in total. The summed E-state index contributed by atoms with van der Waals surface area (Å²) in [6.07, 6.45) is 2.36. The molecule has 3 aromatic rings. The first-order chi connectivity index (χ1) is 15.7. The van der Waals surface area contributed by atoms with Crippen LogP contribution in [0.25, 0.3) is 11.3 Å². The average Bonchev–Trinajstić information content (AvgIpc) is 3.14. The zero-order chi connectivity index (χ0) is 24.0. The van der Waals surface area contributed by atoms with E-state index in [-0.39, 0.29) is 18.3 Å². The molecule has 0 aliphatic carbocycles. The normalized spacial score (nSPS) is 12.5. The number of H-pyrrole nitrogens is 1. The molecule has 1 aromatic heterocycles. The van der Waals surface area contributed by atoms with E-state index in [9.17, 15) is 18.0 Å². The van der Waals surface area contributed by atoms with Gasteiger partial charge in [-0.2, -0.15) is 0 Å². The Kier molecular flexibility index (Phi) is 7.92. The number of nitrogens with one attached hydrogen (secondary N) is 2. The number of benzene rings is 2. The smallest absolute Gasteiger partial charge is 0.226 e. The molecule has 0 unspecified atom stereocenters. The van der Waals surface area contributed by atoms with Crippen LogP contribution in [0.4, 0.5) is 13.2 Å². The van der Waals surface area contributed by atoms with Crippen molar-refractivity contribution in [3.8, 4) is 11.3 Å². The summed E-state index contributed by atoms with van der Waals surface area (Å²) in [7, 11) is 0. The lowest BCUT2D eigenvalue weighted by Gasteiger charge is -2.22. The number of halogens is 3. The Bertz CT molecular complexity index is 1100. The third-order valence-corrected chi connectivity index (χ3v) is 5.25. The number of imidazole rings is 1. The highest BCUT2D eigenvalue weighted by Gasteiger charge is 2.30. The molecule has 0 saturated carbocycles. The molecule has 1 radical (unpaired) electrons. The Hall–Kier alpha value is -3.13. The third-order valence-electron chi connectivity index (χ3n) is 5.25. The highest BCUT2D eigenvalue weighted by atomic mass is 19.1. The maximum Gasteiger partial charge on any atom is 0.226 e. The number of hydrogen-bond donors (Lipinski definition) is 3. The van der Waals surface area contributed by atoms with Crippen molar-refractivity contribution in [2.24, 2.45) is 11.1 Å². The topological polar surface area (TPSA) is 83.8 Å². The molecule has 0 spiro atoms. The number of aromatic nitrogens is 2. The fraction of sp³-hybridized carbons (Fsp3) is 0.320. The van der Waals surface area contributed by atoms with Gasteiger partial charge >= 0.3 is 0 Å². The zero-order valence-corrected chi connectivity index (χ0v) is 18.7. The summed E-state index contributed by atoms with van der Waals surface area (Å²) < 4.78 is 40.1. The lowest BCUT2D eigenvalue weighted by Crippen LogP contribution is -2.40. The van der Waals surface area contributed by atoms with Gasteiger partial charge < -0.3 is 16.0 Å². The summed E-state index contributed by atoms with van der Waals surface area (Å²) in [5.41, 5.74) is 7.10. The largest absolute Gasteiger partial charge is 0.356 e. The number of nitrogens with zero attached hydrogens (tertiary/aromatic N) is 1. The minimum absolute atomic E-state index is 0.260.